The third-order valence-electron chi connectivity index (χ3n) is 19.2. The van der Waals surface area contributed by atoms with Crippen molar-refractivity contribution in [3.05, 3.63) is 11.6 Å². The van der Waals surface area contributed by atoms with Gasteiger partial charge in [-0.05, 0) is 110 Å². The van der Waals surface area contributed by atoms with E-state index in [1.807, 2.05) is 0 Å². The molecule has 3 heterocycles. The van der Waals surface area contributed by atoms with Crippen LogP contribution >= 0.6 is 0 Å². The Morgan fingerprint density at radius 2 is 1.35 bits per heavy atom. The molecule has 8 aliphatic rings. The Hall–Kier alpha value is -1.39. The van der Waals surface area contributed by atoms with Gasteiger partial charge in [0.05, 0.1) is 31.0 Å². The predicted molar refractivity (Wildman–Crippen MR) is 229 cm³/mol. The number of carboxylic acid groups (broad SMARTS) is 1. The molecule has 0 radical (unpaired) electrons. The van der Waals surface area contributed by atoms with Crippen LogP contribution in [0.5, 0.6) is 0 Å². The Balaban J connectivity index is 1.10. The van der Waals surface area contributed by atoms with Crippen LogP contribution in [0.1, 0.15) is 120 Å². The zero-order valence-electron chi connectivity index (χ0n) is 39.4. The van der Waals surface area contributed by atoms with E-state index in [1.165, 1.54) is 5.57 Å². The molecule has 24 atom stereocenters. The molecule has 7 fully saturated rings. The van der Waals surface area contributed by atoms with E-state index in [9.17, 15) is 55.9 Å². The van der Waals surface area contributed by atoms with Crippen molar-refractivity contribution < 1.29 is 84.3 Å². The van der Waals surface area contributed by atoms with Gasteiger partial charge in [0, 0.05) is 18.4 Å². The Morgan fingerprint density at radius 1 is 0.708 bits per heavy atom. The summed E-state index contributed by atoms with van der Waals surface area (Å²) < 4.78 is 36.7. The number of carboxylic acids is 1. The van der Waals surface area contributed by atoms with Crippen LogP contribution in [0, 0.1) is 50.2 Å². The quantitative estimate of drug-likeness (QED) is 0.117. The third kappa shape index (κ3) is 8.09. The lowest BCUT2D eigenvalue weighted by atomic mass is 9.33. The summed E-state index contributed by atoms with van der Waals surface area (Å²) in [6, 6.07) is 0. The number of ether oxygens (including phenoxy) is 6. The lowest BCUT2D eigenvalue weighted by Gasteiger charge is -2.71. The standard InChI is InChI=1S/C48H78O17/c1-22-26(51)15-27(52)40(60-22)64-37-33(55)32(54)28(20-49)62-42(37)65-38-35(57)34(56)36(39(58)59)63-41(38)61-23-16-44(4,21-50)29-11-12-48(8)30(46(29,6)17-23)10-9-24-25-18-43(2,3)19-31(53)45(25,5)13-14-47(24,48)7/h9,22-23,25-38,40-42,49-57H,10-21H2,1-8H3,(H,58,59). The lowest BCUT2D eigenvalue weighted by Crippen LogP contribution is -2.67. The molecule has 65 heavy (non-hydrogen) atoms. The summed E-state index contributed by atoms with van der Waals surface area (Å²) in [6.45, 7) is 16.7. The number of aliphatic hydroxyl groups excluding tert-OH is 9. The van der Waals surface area contributed by atoms with E-state index in [0.29, 0.717) is 12.8 Å². The predicted octanol–water partition coefficient (Wildman–Crippen LogP) is 1.73. The van der Waals surface area contributed by atoms with Crippen molar-refractivity contribution in [2.45, 2.75) is 218 Å². The normalized spacial score (nSPS) is 55.5. The van der Waals surface area contributed by atoms with Gasteiger partial charge in [0.15, 0.2) is 25.0 Å². The van der Waals surface area contributed by atoms with Crippen LogP contribution in [0.4, 0.5) is 0 Å². The second kappa shape index (κ2) is 17.5. The monoisotopic (exact) mass is 927 g/mol. The lowest BCUT2D eigenvalue weighted by molar-refractivity contribution is -0.391. The van der Waals surface area contributed by atoms with Crippen molar-refractivity contribution in [3.8, 4) is 0 Å². The molecule has 17 heteroatoms. The zero-order chi connectivity index (χ0) is 47.6. The van der Waals surface area contributed by atoms with Crippen LogP contribution in [0.15, 0.2) is 11.6 Å². The van der Waals surface area contributed by atoms with Gasteiger partial charge in [0.25, 0.3) is 0 Å². The Morgan fingerprint density at radius 3 is 2.00 bits per heavy atom. The van der Waals surface area contributed by atoms with Crippen LogP contribution < -0.4 is 0 Å². The molecule has 0 bridgehead atoms. The van der Waals surface area contributed by atoms with E-state index < -0.39 is 116 Å². The summed E-state index contributed by atoms with van der Waals surface area (Å²) in [6.07, 6.45) is -13.9. The van der Waals surface area contributed by atoms with Gasteiger partial charge in [-0.3, -0.25) is 0 Å². The molecule has 24 unspecified atom stereocenters. The molecule has 0 aromatic heterocycles. The third-order valence-corrected chi connectivity index (χ3v) is 19.2. The summed E-state index contributed by atoms with van der Waals surface area (Å²) in [5.74, 6) is -1.06. The van der Waals surface area contributed by atoms with Gasteiger partial charge in [-0.25, -0.2) is 4.79 Å². The summed E-state index contributed by atoms with van der Waals surface area (Å²) in [5.41, 5.74) is -0.0811. The molecule has 8 rings (SSSR count). The van der Waals surface area contributed by atoms with Gasteiger partial charge >= 0.3 is 5.97 Å². The summed E-state index contributed by atoms with van der Waals surface area (Å²) in [7, 11) is 0. The summed E-state index contributed by atoms with van der Waals surface area (Å²) in [5, 5.41) is 109. The van der Waals surface area contributed by atoms with Gasteiger partial charge in [0.1, 0.15) is 48.8 Å². The Labute approximate surface area is 382 Å². The number of fused-ring (bicyclic) bond motifs is 7. The Kier molecular flexibility index (Phi) is 13.4. The number of aliphatic carboxylic acids is 1. The Bertz CT molecular complexity index is 1780. The number of rotatable bonds is 9. The molecule has 17 nitrogen and oxygen atoms in total. The van der Waals surface area contributed by atoms with Crippen molar-refractivity contribution in [1.29, 1.82) is 0 Å². The van der Waals surface area contributed by atoms with E-state index in [0.717, 1.165) is 44.9 Å². The van der Waals surface area contributed by atoms with Gasteiger partial charge in [0.2, 0.25) is 0 Å². The first-order chi connectivity index (χ1) is 30.3. The summed E-state index contributed by atoms with van der Waals surface area (Å²) in [4.78, 5) is 12.5. The van der Waals surface area contributed by atoms with Crippen molar-refractivity contribution in [3.63, 3.8) is 0 Å². The van der Waals surface area contributed by atoms with Crippen LogP contribution in [0.2, 0.25) is 0 Å². The minimum Gasteiger partial charge on any atom is -0.479 e. The highest BCUT2D eigenvalue weighted by atomic mass is 16.8. The first kappa shape index (κ1) is 50.0. The number of hydrogen-bond donors (Lipinski definition) is 10. The number of carbonyl (C=O) groups is 1. The van der Waals surface area contributed by atoms with E-state index in [-0.39, 0.29) is 58.5 Å². The van der Waals surface area contributed by atoms with Crippen molar-refractivity contribution in [2.75, 3.05) is 13.2 Å². The minimum atomic E-state index is -2.03. The molecule has 0 amide bonds. The first-order valence-electron chi connectivity index (χ1n) is 24.1. The molecular weight excluding hydrogens is 849 g/mol. The topological polar surface area (TPSA) is 275 Å². The number of aliphatic hydroxyl groups is 9. The van der Waals surface area contributed by atoms with Gasteiger partial charge < -0.3 is 79.5 Å². The maximum Gasteiger partial charge on any atom is 0.335 e. The van der Waals surface area contributed by atoms with Gasteiger partial charge in [-0.15, -0.1) is 0 Å². The molecular formula is C48H78O17. The average molecular weight is 927 g/mol. The highest BCUT2D eigenvalue weighted by Crippen LogP contribution is 2.76. The van der Waals surface area contributed by atoms with E-state index >= 15 is 0 Å². The maximum absolute atomic E-state index is 12.5. The minimum absolute atomic E-state index is 0.00110. The second-order valence-corrected chi connectivity index (χ2v) is 23.7. The highest BCUT2D eigenvalue weighted by molar-refractivity contribution is 5.73. The largest absolute Gasteiger partial charge is 0.479 e. The fourth-order valence-corrected chi connectivity index (χ4v) is 15.1. The van der Waals surface area contributed by atoms with Crippen LogP contribution in [0.3, 0.4) is 0 Å². The van der Waals surface area contributed by atoms with Crippen molar-refractivity contribution in [1.82, 2.24) is 0 Å². The molecule has 10 N–H and O–H groups in total. The first-order valence-corrected chi connectivity index (χ1v) is 24.1. The van der Waals surface area contributed by atoms with Gasteiger partial charge in [-0.2, -0.15) is 0 Å². The maximum atomic E-state index is 12.5. The molecule has 372 valence electrons. The smallest absolute Gasteiger partial charge is 0.335 e. The van der Waals surface area contributed by atoms with Crippen LogP contribution in [-0.2, 0) is 33.2 Å². The number of hydrogen-bond acceptors (Lipinski definition) is 16. The molecule has 0 spiro atoms. The molecule has 5 aliphatic carbocycles. The molecule has 4 saturated carbocycles. The van der Waals surface area contributed by atoms with E-state index in [4.69, 9.17) is 28.4 Å². The zero-order valence-corrected chi connectivity index (χ0v) is 39.4. The van der Waals surface area contributed by atoms with E-state index in [1.54, 1.807) is 6.92 Å². The van der Waals surface area contributed by atoms with Gasteiger partial charge in [-0.1, -0.05) is 60.1 Å². The molecule has 0 aromatic rings. The molecule has 3 aliphatic heterocycles. The molecule has 3 saturated heterocycles. The van der Waals surface area contributed by atoms with Crippen molar-refractivity contribution in [2.24, 2.45) is 50.2 Å². The fraction of sp³-hybridized carbons (Fsp3) is 0.938. The highest BCUT2D eigenvalue weighted by Gasteiger charge is 2.69. The van der Waals surface area contributed by atoms with Crippen LogP contribution in [-0.4, -0.2) is 168 Å². The second-order valence-electron chi connectivity index (χ2n) is 23.7. The number of allylic oxidation sites excluding steroid dienone is 2. The van der Waals surface area contributed by atoms with E-state index in [2.05, 4.69) is 54.5 Å². The molecule has 0 aromatic carbocycles. The van der Waals surface area contributed by atoms with Crippen LogP contribution in [0.25, 0.3) is 0 Å². The average Bonchev–Trinajstić information content (AvgIpc) is 3.22. The fourth-order valence-electron chi connectivity index (χ4n) is 15.1. The summed E-state index contributed by atoms with van der Waals surface area (Å²) >= 11 is 0. The SMILES string of the molecule is CC1OC(OC2C(OC3C(OC4CC(C)(CO)C5CCC6(C)C(CC=C7C8CC(C)(C)CC(O)C8(C)CCC76C)C5(C)C4)OC(C(=O)O)C(O)C3O)OC(CO)C(O)C2O)C(O)CC1O. The van der Waals surface area contributed by atoms with Crippen molar-refractivity contribution >= 4 is 5.97 Å².